The van der Waals surface area contributed by atoms with E-state index in [1.807, 2.05) is 0 Å². The Hall–Kier alpha value is -6.52. The molecule has 10 aromatic rings. The van der Waals surface area contributed by atoms with Crippen molar-refractivity contribution < 1.29 is 0 Å². The van der Waals surface area contributed by atoms with Crippen LogP contribution in [0.1, 0.15) is 0 Å². The fourth-order valence-corrected chi connectivity index (χ4v) is 7.69. The van der Waals surface area contributed by atoms with E-state index >= 15 is 0 Å². The molecule has 2 heterocycles. The van der Waals surface area contributed by atoms with Crippen LogP contribution in [0.2, 0.25) is 0 Å². The molecule has 0 unspecified atom stereocenters. The molecule has 0 saturated carbocycles. The molecule has 236 valence electrons. The first-order valence-electron chi connectivity index (χ1n) is 17.0. The molecule has 0 aliphatic carbocycles. The van der Waals surface area contributed by atoms with Gasteiger partial charge in [0.15, 0.2) is 0 Å². The quantitative estimate of drug-likeness (QED) is 0.192. The highest BCUT2D eigenvalue weighted by molar-refractivity contribution is 6.06. The highest BCUT2D eigenvalue weighted by Crippen LogP contribution is 2.38. The number of aryl methyl sites for hydroxylation is 2. The summed E-state index contributed by atoms with van der Waals surface area (Å²) in [4.78, 5) is 10.3. The lowest BCUT2D eigenvalue weighted by Crippen LogP contribution is -1.93. The van der Waals surface area contributed by atoms with Gasteiger partial charge in [0.25, 0.3) is 0 Å². The van der Waals surface area contributed by atoms with Gasteiger partial charge in [-0.2, -0.15) is 0 Å². The average Bonchev–Trinajstić information content (AvgIpc) is 3.71. The van der Waals surface area contributed by atoms with Gasteiger partial charge in [-0.3, -0.25) is 0 Å². The fraction of sp³-hybridized carbons (Fsp3) is 0.0435. The summed E-state index contributed by atoms with van der Waals surface area (Å²) in [5, 5.41) is 7.22. The predicted octanol–water partition coefficient (Wildman–Crippen LogP) is 11.6. The van der Waals surface area contributed by atoms with Gasteiger partial charge in [-0.15, -0.1) is 0 Å². The summed E-state index contributed by atoms with van der Waals surface area (Å²) in [6.07, 6.45) is 0. The first kappa shape index (κ1) is 28.5. The van der Waals surface area contributed by atoms with Crippen molar-refractivity contribution in [3.63, 3.8) is 0 Å². The first-order chi connectivity index (χ1) is 24.6. The van der Waals surface area contributed by atoms with Crippen molar-refractivity contribution in [2.45, 2.75) is 0 Å². The van der Waals surface area contributed by atoms with Gasteiger partial charge in [-0.1, -0.05) is 133 Å². The maximum absolute atomic E-state index is 5.14. The standard InChI is InChI=1S/C46H32N4/c1-49-41-25-23-29-9-5-7-13-37(29)43(41)47-45(49)33-19-15-31(16-20-33)39-27-35-11-3-4-12-36(35)28-40(39)32-17-21-34(22-18-32)46-48-44-38-14-8-6-10-30(38)24-26-42(44)50(46)2/h3-28H,1-2H3. The Labute approximate surface area is 289 Å². The SMILES string of the molecule is Cn1c(-c2ccc(-c3cc4ccccc4cc3-c3ccc(-c4nc5c6ccccc6ccc5n4C)cc3)cc2)nc2c3ccccc3ccc21. The molecule has 0 amide bonds. The van der Waals surface area contributed by atoms with E-state index in [9.17, 15) is 0 Å². The third-order valence-electron chi connectivity index (χ3n) is 10.3. The van der Waals surface area contributed by atoms with E-state index in [0.717, 1.165) is 44.8 Å². The minimum Gasteiger partial charge on any atom is -0.327 e. The number of fused-ring (bicyclic) bond motifs is 7. The summed E-state index contributed by atoms with van der Waals surface area (Å²) < 4.78 is 4.40. The number of benzene rings is 8. The van der Waals surface area contributed by atoms with E-state index < -0.39 is 0 Å². The van der Waals surface area contributed by atoms with Gasteiger partial charge in [0.1, 0.15) is 11.6 Å². The Balaban J connectivity index is 1.05. The minimum absolute atomic E-state index is 0.965. The monoisotopic (exact) mass is 640 g/mol. The molecule has 8 aromatic carbocycles. The second kappa shape index (κ2) is 11.0. The lowest BCUT2D eigenvalue weighted by Gasteiger charge is -2.14. The maximum atomic E-state index is 5.14. The van der Waals surface area contributed by atoms with Crippen molar-refractivity contribution in [3.05, 3.63) is 158 Å². The van der Waals surface area contributed by atoms with Gasteiger partial charge >= 0.3 is 0 Å². The summed E-state index contributed by atoms with van der Waals surface area (Å²) in [6, 6.07) is 56.7. The molecule has 0 bridgehead atoms. The van der Waals surface area contributed by atoms with Crippen LogP contribution in [0.4, 0.5) is 0 Å². The molecule has 50 heavy (non-hydrogen) atoms. The largest absolute Gasteiger partial charge is 0.327 e. The van der Waals surface area contributed by atoms with Gasteiger partial charge in [-0.05, 0) is 68.1 Å². The molecule has 0 atom stereocenters. The molecule has 0 aliphatic heterocycles. The second-order valence-electron chi connectivity index (χ2n) is 13.2. The highest BCUT2D eigenvalue weighted by atomic mass is 15.1. The molecule has 0 spiro atoms. The highest BCUT2D eigenvalue weighted by Gasteiger charge is 2.16. The summed E-state index contributed by atoms with van der Waals surface area (Å²) in [7, 11) is 4.21. The van der Waals surface area contributed by atoms with Crippen LogP contribution in [-0.4, -0.2) is 19.1 Å². The van der Waals surface area contributed by atoms with Gasteiger partial charge < -0.3 is 9.13 Å². The van der Waals surface area contributed by atoms with Crippen molar-refractivity contribution >= 4 is 54.4 Å². The molecule has 0 radical (unpaired) electrons. The van der Waals surface area contributed by atoms with Crippen LogP contribution in [0.5, 0.6) is 0 Å². The van der Waals surface area contributed by atoms with Crippen LogP contribution in [0.25, 0.3) is 99.4 Å². The van der Waals surface area contributed by atoms with Crippen molar-refractivity contribution in [1.82, 2.24) is 19.1 Å². The van der Waals surface area contributed by atoms with E-state index in [1.54, 1.807) is 0 Å². The molecule has 4 nitrogen and oxygen atoms in total. The van der Waals surface area contributed by atoms with Crippen LogP contribution >= 0.6 is 0 Å². The van der Waals surface area contributed by atoms with Crippen molar-refractivity contribution in [2.75, 3.05) is 0 Å². The summed E-state index contributed by atoms with van der Waals surface area (Å²) in [5.41, 5.74) is 11.3. The molecule has 10 rings (SSSR count). The maximum Gasteiger partial charge on any atom is 0.140 e. The Bertz CT molecular complexity index is 2730. The topological polar surface area (TPSA) is 35.6 Å². The summed E-state index contributed by atoms with van der Waals surface area (Å²) >= 11 is 0. The number of imidazole rings is 2. The molecular formula is C46H32N4. The zero-order valence-electron chi connectivity index (χ0n) is 27.8. The van der Waals surface area contributed by atoms with Crippen LogP contribution in [0, 0.1) is 0 Å². The Morgan fingerprint density at radius 1 is 0.360 bits per heavy atom. The number of nitrogens with zero attached hydrogens (tertiary/aromatic N) is 4. The molecule has 0 fully saturated rings. The van der Waals surface area contributed by atoms with Crippen molar-refractivity contribution in [2.24, 2.45) is 14.1 Å². The van der Waals surface area contributed by atoms with Gasteiger partial charge in [-0.25, -0.2) is 9.97 Å². The molecule has 4 heteroatoms. The van der Waals surface area contributed by atoms with Crippen LogP contribution in [0.3, 0.4) is 0 Å². The normalized spacial score (nSPS) is 11.8. The number of rotatable bonds is 4. The molecule has 0 aliphatic rings. The number of hydrogen-bond donors (Lipinski definition) is 0. The van der Waals surface area contributed by atoms with Gasteiger partial charge in [0.05, 0.1) is 22.1 Å². The summed E-state index contributed by atoms with van der Waals surface area (Å²) in [5.74, 6) is 1.93. The van der Waals surface area contributed by atoms with Crippen molar-refractivity contribution in [1.29, 1.82) is 0 Å². The minimum atomic E-state index is 0.965. The predicted molar refractivity (Wildman–Crippen MR) is 209 cm³/mol. The van der Waals surface area contributed by atoms with E-state index in [-0.39, 0.29) is 0 Å². The number of hydrogen-bond acceptors (Lipinski definition) is 2. The fourth-order valence-electron chi connectivity index (χ4n) is 7.69. The van der Waals surface area contributed by atoms with Gasteiger partial charge in [0.2, 0.25) is 0 Å². The van der Waals surface area contributed by atoms with Gasteiger partial charge in [0, 0.05) is 36.0 Å². The van der Waals surface area contributed by atoms with E-state index in [1.165, 1.54) is 54.6 Å². The third-order valence-corrected chi connectivity index (χ3v) is 10.3. The van der Waals surface area contributed by atoms with E-state index in [2.05, 4.69) is 181 Å². The zero-order valence-corrected chi connectivity index (χ0v) is 27.8. The zero-order chi connectivity index (χ0) is 33.3. The number of aromatic nitrogens is 4. The lowest BCUT2D eigenvalue weighted by molar-refractivity contribution is 0.959. The average molecular weight is 641 g/mol. The smallest absolute Gasteiger partial charge is 0.140 e. The Morgan fingerprint density at radius 2 is 0.720 bits per heavy atom. The van der Waals surface area contributed by atoms with Crippen LogP contribution < -0.4 is 0 Å². The lowest BCUT2D eigenvalue weighted by atomic mass is 9.90. The van der Waals surface area contributed by atoms with Crippen molar-refractivity contribution in [3.8, 4) is 45.0 Å². The van der Waals surface area contributed by atoms with E-state index in [0.29, 0.717) is 0 Å². The second-order valence-corrected chi connectivity index (χ2v) is 13.2. The summed E-state index contributed by atoms with van der Waals surface area (Å²) in [6.45, 7) is 0. The molecular weight excluding hydrogens is 609 g/mol. The third kappa shape index (κ3) is 4.39. The molecule has 2 aromatic heterocycles. The van der Waals surface area contributed by atoms with Crippen LogP contribution in [0.15, 0.2) is 158 Å². The Morgan fingerprint density at radius 3 is 1.14 bits per heavy atom. The first-order valence-corrected chi connectivity index (χ1v) is 17.0. The van der Waals surface area contributed by atoms with Crippen LogP contribution in [-0.2, 0) is 14.1 Å². The molecule has 0 saturated heterocycles. The van der Waals surface area contributed by atoms with E-state index in [4.69, 9.17) is 9.97 Å². The molecule has 0 N–H and O–H groups in total. The Kier molecular flexibility index (Phi) is 6.27.